The molecule has 1 aromatic rings. The highest BCUT2D eigenvalue weighted by Crippen LogP contribution is 2.64. The van der Waals surface area contributed by atoms with Crippen molar-refractivity contribution in [3.05, 3.63) is 18.7 Å². The van der Waals surface area contributed by atoms with Gasteiger partial charge in [0, 0.05) is 18.4 Å². The average molecular weight is 509 g/mol. The van der Waals surface area contributed by atoms with E-state index in [1.54, 1.807) is 0 Å². The Bertz CT molecular complexity index is 908. The number of fused-ring (bicyclic) bond motifs is 2. The van der Waals surface area contributed by atoms with E-state index in [-0.39, 0.29) is 17.0 Å². The molecular weight excluding hydrogens is 458 g/mol. The topological polar surface area (TPSA) is 72.0 Å². The minimum atomic E-state index is -3.48. The molecule has 0 aromatic carbocycles. The summed E-state index contributed by atoms with van der Waals surface area (Å²) in [5, 5.41) is 0. The Balaban J connectivity index is 1.28. The number of imidazole rings is 1. The van der Waals surface area contributed by atoms with E-state index in [9.17, 15) is 13.2 Å². The van der Waals surface area contributed by atoms with Crippen LogP contribution in [0.4, 0.5) is 0 Å². The summed E-state index contributed by atoms with van der Waals surface area (Å²) in [6.45, 7) is 8.67. The molecule has 1 N–H and O–H groups in total. The van der Waals surface area contributed by atoms with Gasteiger partial charge in [0.05, 0.1) is 18.8 Å². The zero-order valence-corrected chi connectivity index (χ0v) is 23.4. The smallest absolute Gasteiger partial charge is 0.243 e. The molecule has 35 heavy (non-hydrogen) atoms. The Labute approximate surface area is 214 Å². The zero-order valence-electron chi connectivity index (χ0n) is 22.6. The number of hydrogen-bond acceptors (Lipinski definition) is 3. The van der Waals surface area contributed by atoms with E-state index < -0.39 is 15.4 Å². The van der Waals surface area contributed by atoms with E-state index in [1.807, 2.05) is 0 Å². The number of unbranched alkanes of at least 4 members (excludes halogenated alkanes) is 9. The molecule has 2 fully saturated rings. The Morgan fingerprint density at radius 3 is 2.29 bits per heavy atom. The molecule has 0 radical (unpaired) electrons. The van der Waals surface area contributed by atoms with Crippen LogP contribution in [0.1, 0.15) is 111 Å². The first-order chi connectivity index (χ1) is 16.7. The largest absolute Gasteiger partial charge is 0.299 e. The minimum absolute atomic E-state index is 0.0509. The van der Waals surface area contributed by atoms with Gasteiger partial charge >= 0.3 is 0 Å². The van der Waals surface area contributed by atoms with Gasteiger partial charge in [-0.1, -0.05) is 72.1 Å². The van der Waals surface area contributed by atoms with E-state index in [2.05, 4.69) is 53.3 Å². The number of aryl methyl sites for hydroxylation is 2. The number of sulfonamides is 1. The number of hydrogen-bond donors (Lipinski definition) is 1. The van der Waals surface area contributed by atoms with Crippen LogP contribution in [0.25, 0.3) is 0 Å². The molecule has 2 saturated carbocycles. The van der Waals surface area contributed by atoms with Crippen LogP contribution in [0.15, 0.2) is 18.7 Å². The first-order valence-corrected chi connectivity index (χ1v) is 15.9. The SMILES string of the molecule is CCCCCCCCCCCCn1cc[n+](CCCNS(=O)(=O)CC23CCC(CC2=O)C3(C)C)c1. The maximum Gasteiger partial charge on any atom is 0.243 e. The maximum atomic E-state index is 12.8. The van der Waals surface area contributed by atoms with Crippen LogP contribution in [-0.4, -0.2) is 31.1 Å². The summed E-state index contributed by atoms with van der Waals surface area (Å²) >= 11 is 0. The fourth-order valence-electron chi connectivity index (χ4n) is 6.46. The summed E-state index contributed by atoms with van der Waals surface area (Å²) in [5.41, 5.74) is -0.907. The highest BCUT2D eigenvalue weighted by Gasteiger charge is 2.65. The third-order valence-electron chi connectivity index (χ3n) is 9.01. The number of ketones is 1. The second-order valence-corrected chi connectivity index (χ2v) is 13.6. The van der Waals surface area contributed by atoms with Crippen LogP contribution in [0.5, 0.6) is 0 Å². The van der Waals surface area contributed by atoms with E-state index in [0.717, 1.165) is 25.9 Å². The van der Waals surface area contributed by atoms with Crippen LogP contribution in [0, 0.1) is 16.7 Å². The average Bonchev–Trinajstić information content (AvgIpc) is 3.40. The number of nitrogens with zero attached hydrogens (tertiary/aromatic N) is 2. The van der Waals surface area contributed by atoms with Crippen molar-refractivity contribution in [1.82, 2.24) is 9.29 Å². The first-order valence-electron chi connectivity index (χ1n) is 14.3. The first kappa shape index (κ1) is 28.4. The van der Waals surface area contributed by atoms with Crippen LogP contribution < -0.4 is 9.29 Å². The lowest BCUT2D eigenvalue weighted by Gasteiger charge is -2.36. The Hall–Kier alpha value is -1.21. The summed E-state index contributed by atoms with van der Waals surface area (Å²) in [6.07, 6.45) is 22.8. The summed E-state index contributed by atoms with van der Waals surface area (Å²) < 4.78 is 32.8. The van der Waals surface area contributed by atoms with Crippen LogP contribution >= 0.6 is 0 Å². The van der Waals surface area contributed by atoms with Gasteiger partial charge in [-0.05, 0) is 43.4 Å². The Morgan fingerprint density at radius 2 is 1.69 bits per heavy atom. The van der Waals surface area contributed by atoms with E-state index in [1.165, 1.54) is 64.2 Å². The fraction of sp³-hybridized carbons (Fsp3) is 0.857. The van der Waals surface area contributed by atoms with Gasteiger partial charge < -0.3 is 0 Å². The highest BCUT2D eigenvalue weighted by molar-refractivity contribution is 7.89. The van der Waals surface area contributed by atoms with Gasteiger partial charge in [0.15, 0.2) is 0 Å². The van der Waals surface area contributed by atoms with Crippen molar-refractivity contribution in [3.8, 4) is 0 Å². The lowest BCUT2D eigenvalue weighted by atomic mass is 9.70. The predicted molar refractivity (Wildman–Crippen MR) is 141 cm³/mol. The number of nitrogens with one attached hydrogen (secondary N) is 1. The summed E-state index contributed by atoms with van der Waals surface area (Å²) in [6, 6.07) is 0. The number of carbonyl (C=O) groups is 1. The molecule has 2 unspecified atom stereocenters. The summed E-state index contributed by atoms with van der Waals surface area (Å²) in [5.74, 6) is 0.444. The zero-order chi connectivity index (χ0) is 25.4. The third kappa shape index (κ3) is 7.41. The van der Waals surface area contributed by atoms with Crippen LogP contribution in [0.2, 0.25) is 0 Å². The molecule has 2 aliphatic carbocycles. The van der Waals surface area contributed by atoms with Crippen molar-refractivity contribution in [1.29, 1.82) is 0 Å². The minimum Gasteiger partial charge on any atom is -0.299 e. The van der Waals surface area contributed by atoms with Crippen molar-refractivity contribution < 1.29 is 17.8 Å². The molecule has 2 aliphatic rings. The third-order valence-corrected chi connectivity index (χ3v) is 10.5. The van der Waals surface area contributed by atoms with E-state index in [4.69, 9.17) is 0 Å². The molecule has 0 saturated heterocycles. The van der Waals surface area contributed by atoms with Crippen LogP contribution in [-0.2, 0) is 27.9 Å². The Kier molecular flexibility index (Phi) is 10.4. The number of aromatic nitrogens is 2. The Morgan fingerprint density at radius 1 is 1.03 bits per heavy atom. The molecule has 3 rings (SSSR count). The lowest BCUT2D eigenvalue weighted by Crippen LogP contribution is -2.45. The van der Waals surface area contributed by atoms with Crippen molar-refractivity contribution >= 4 is 15.8 Å². The second kappa shape index (κ2) is 12.8. The molecule has 7 heteroatoms. The summed E-state index contributed by atoms with van der Waals surface area (Å²) in [4.78, 5) is 12.7. The highest BCUT2D eigenvalue weighted by atomic mass is 32.2. The molecule has 0 spiro atoms. The van der Waals surface area contributed by atoms with Gasteiger partial charge in [-0.25, -0.2) is 22.3 Å². The van der Waals surface area contributed by atoms with Crippen molar-refractivity contribution in [2.24, 2.45) is 16.7 Å². The lowest BCUT2D eigenvalue weighted by molar-refractivity contribution is -0.696. The van der Waals surface area contributed by atoms with Gasteiger partial charge in [0.1, 0.15) is 18.2 Å². The molecule has 1 heterocycles. The standard InChI is InChI=1S/C28H50N3O3S/c1-4-5-6-7-8-9-10-11-12-13-18-30-20-21-31(24-30)19-14-17-29-35(33,34)23-28-16-15-25(22-26(28)32)27(28,2)3/h20-21,24-25,29H,4-19,22-23H2,1-3H3/q+1. The number of rotatable bonds is 18. The molecule has 200 valence electrons. The maximum absolute atomic E-state index is 12.8. The molecule has 6 nitrogen and oxygen atoms in total. The number of carbonyl (C=O) groups excluding carboxylic acids is 1. The van der Waals surface area contributed by atoms with Gasteiger partial charge in [-0.2, -0.15) is 0 Å². The normalized spacial score (nSPS) is 23.4. The van der Waals surface area contributed by atoms with Gasteiger partial charge in [0.25, 0.3) is 0 Å². The molecule has 2 bridgehead atoms. The molecule has 0 aliphatic heterocycles. The van der Waals surface area contributed by atoms with E-state index in [0.29, 0.717) is 25.3 Å². The van der Waals surface area contributed by atoms with Gasteiger partial charge in [-0.3, -0.25) is 4.79 Å². The monoisotopic (exact) mass is 508 g/mol. The molecule has 0 amide bonds. The predicted octanol–water partition coefficient (Wildman–Crippen LogP) is 5.40. The summed E-state index contributed by atoms with van der Waals surface area (Å²) in [7, 11) is -3.48. The fourth-order valence-corrected chi connectivity index (χ4v) is 8.34. The quantitative estimate of drug-likeness (QED) is 0.213. The van der Waals surface area contributed by atoms with Crippen molar-refractivity contribution in [3.63, 3.8) is 0 Å². The van der Waals surface area contributed by atoms with Crippen molar-refractivity contribution in [2.45, 2.75) is 124 Å². The van der Waals surface area contributed by atoms with E-state index >= 15 is 0 Å². The van der Waals surface area contributed by atoms with Gasteiger partial charge in [-0.15, -0.1) is 0 Å². The molecular formula is C28H50N3O3S+. The van der Waals surface area contributed by atoms with Crippen molar-refractivity contribution in [2.75, 3.05) is 12.3 Å². The number of Topliss-reactive ketones (excluding diaryl/α,β-unsaturated/α-hetero) is 1. The van der Waals surface area contributed by atoms with Crippen LogP contribution in [0.3, 0.4) is 0 Å². The molecule has 1 aromatic heterocycles. The second-order valence-electron chi connectivity index (χ2n) is 11.7. The molecule has 2 atom stereocenters. The van der Waals surface area contributed by atoms with Gasteiger partial charge in [0.2, 0.25) is 16.4 Å².